The molecule has 3 nitrogen and oxygen atoms in total. The standard InChI is InChI=1S/C26H27F3N2O/c1-2-15-4-3-9-31(14-15)26(32)18-10-17(11-18)23-21-12-20(28)13-22(29)25(21)30-24(23)16-5-7-19(27)8-6-16/h5-8,12-13,15,17-18,30H,2-4,9-11,14H2,1H3. The largest absolute Gasteiger partial charge is 0.352 e. The molecule has 168 valence electrons. The van der Waals surface area contributed by atoms with Crippen LogP contribution in [0.2, 0.25) is 0 Å². The highest BCUT2D eigenvalue weighted by Crippen LogP contribution is 2.49. The number of rotatable bonds is 4. The summed E-state index contributed by atoms with van der Waals surface area (Å²) < 4.78 is 42.1. The minimum Gasteiger partial charge on any atom is -0.352 e. The highest BCUT2D eigenvalue weighted by atomic mass is 19.1. The van der Waals surface area contributed by atoms with Gasteiger partial charge >= 0.3 is 0 Å². The fourth-order valence-electron chi connectivity index (χ4n) is 5.42. The fraction of sp³-hybridized carbons (Fsp3) is 0.423. The van der Waals surface area contributed by atoms with Crippen LogP contribution >= 0.6 is 0 Å². The summed E-state index contributed by atoms with van der Waals surface area (Å²) in [4.78, 5) is 18.2. The summed E-state index contributed by atoms with van der Waals surface area (Å²) in [5.41, 5.74) is 2.45. The third kappa shape index (κ3) is 3.70. The first-order chi connectivity index (χ1) is 15.4. The Labute approximate surface area is 185 Å². The lowest BCUT2D eigenvalue weighted by molar-refractivity contribution is -0.140. The predicted molar refractivity (Wildman–Crippen MR) is 119 cm³/mol. The monoisotopic (exact) mass is 440 g/mol. The van der Waals surface area contributed by atoms with Gasteiger partial charge in [-0.25, -0.2) is 13.2 Å². The van der Waals surface area contributed by atoms with Crippen molar-refractivity contribution in [2.75, 3.05) is 13.1 Å². The molecule has 5 rings (SSSR count). The van der Waals surface area contributed by atoms with Gasteiger partial charge in [0.2, 0.25) is 5.91 Å². The van der Waals surface area contributed by atoms with Crippen LogP contribution in [0.1, 0.15) is 50.5 Å². The fourth-order valence-corrected chi connectivity index (χ4v) is 5.42. The lowest BCUT2D eigenvalue weighted by Gasteiger charge is -2.40. The minimum atomic E-state index is -0.652. The van der Waals surface area contributed by atoms with Gasteiger partial charge in [-0.3, -0.25) is 4.79 Å². The van der Waals surface area contributed by atoms with Crippen LogP contribution in [-0.4, -0.2) is 28.9 Å². The van der Waals surface area contributed by atoms with Crippen LogP contribution in [0.25, 0.3) is 22.2 Å². The zero-order valence-corrected chi connectivity index (χ0v) is 18.1. The number of nitrogens with one attached hydrogen (secondary N) is 1. The van der Waals surface area contributed by atoms with Crippen molar-refractivity contribution < 1.29 is 18.0 Å². The number of fused-ring (bicyclic) bond motifs is 1. The number of hydrogen-bond donors (Lipinski definition) is 1. The first kappa shape index (κ1) is 21.1. The number of H-pyrrole nitrogens is 1. The molecule has 1 atom stereocenters. The number of amides is 1. The van der Waals surface area contributed by atoms with Crippen molar-refractivity contribution in [2.24, 2.45) is 11.8 Å². The van der Waals surface area contributed by atoms with Gasteiger partial charge in [0.1, 0.15) is 17.5 Å². The van der Waals surface area contributed by atoms with Crippen molar-refractivity contribution in [1.82, 2.24) is 9.88 Å². The van der Waals surface area contributed by atoms with Gasteiger partial charge in [0.15, 0.2) is 0 Å². The molecule has 1 amide bonds. The molecule has 2 fully saturated rings. The molecule has 3 aromatic rings. The van der Waals surface area contributed by atoms with Gasteiger partial charge in [-0.05, 0) is 79.0 Å². The number of carbonyl (C=O) groups excluding carboxylic acids is 1. The van der Waals surface area contributed by atoms with E-state index >= 15 is 0 Å². The number of carbonyl (C=O) groups is 1. The molecule has 1 saturated heterocycles. The van der Waals surface area contributed by atoms with E-state index in [0.29, 0.717) is 35.4 Å². The van der Waals surface area contributed by atoms with Crippen molar-refractivity contribution in [3.8, 4) is 11.3 Å². The third-order valence-corrected chi connectivity index (χ3v) is 7.30. The minimum absolute atomic E-state index is 0.0192. The highest BCUT2D eigenvalue weighted by molar-refractivity contribution is 5.92. The molecule has 0 radical (unpaired) electrons. The van der Waals surface area contributed by atoms with Gasteiger partial charge in [0.05, 0.1) is 11.2 Å². The molecule has 32 heavy (non-hydrogen) atoms. The van der Waals surface area contributed by atoms with Crippen LogP contribution in [0.5, 0.6) is 0 Å². The maximum absolute atomic E-state index is 14.5. The highest BCUT2D eigenvalue weighted by Gasteiger charge is 2.40. The van der Waals surface area contributed by atoms with Gasteiger partial charge in [0.25, 0.3) is 0 Å². The molecule has 2 heterocycles. The molecule has 2 aromatic carbocycles. The van der Waals surface area contributed by atoms with Crippen molar-refractivity contribution in [3.05, 3.63) is 59.4 Å². The number of nitrogens with zero attached hydrogens (tertiary/aromatic N) is 1. The normalized spacial score (nSPS) is 23.4. The second-order valence-electron chi connectivity index (χ2n) is 9.30. The Bertz CT molecular complexity index is 1150. The summed E-state index contributed by atoms with van der Waals surface area (Å²) in [6, 6.07) is 8.20. The number of piperidine rings is 1. The third-order valence-electron chi connectivity index (χ3n) is 7.30. The molecule has 1 aliphatic heterocycles. The second kappa shape index (κ2) is 8.30. The second-order valence-corrected chi connectivity index (χ2v) is 9.30. The average molecular weight is 441 g/mol. The molecule has 1 unspecified atom stereocenters. The van der Waals surface area contributed by atoms with Crippen LogP contribution in [0, 0.1) is 29.3 Å². The van der Waals surface area contributed by atoms with E-state index in [0.717, 1.165) is 37.6 Å². The number of aromatic nitrogens is 1. The SMILES string of the molecule is CCC1CCCN(C(=O)C2CC(c3c(-c4ccc(F)cc4)[nH]c4c(F)cc(F)cc34)C2)C1. The van der Waals surface area contributed by atoms with E-state index in [9.17, 15) is 18.0 Å². The van der Waals surface area contributed by atoms with Crippen molar-refractivity contribution in [1.29, 1.82) is 0 Å². The Morgan fingerprint density at radius 2 is 1.84 bits per heavy atom. The molecule has 1 aliphatic carbocycles. The summed E-state index contributed by atoms with van der Waals surface area (Å²) in [5.74, 6) is -0.893. The average Bonchev–Trinajstić information content (AvgIpc) is 3.12. The maximum Gasteiger partial charge on any atom is 0.225 e. The van der Waals surface area contributed by atoms with E-state index in [2.05, 4.69) is 11.9 Å². The maximum atomic E-state index is 14.5. The number of hydrogen-bond acceptors (Lipinski definition) is 1. The van der Waals surface area contributed by atoms with Crippen LogP contribution < -0.4 is 0 Å². The quantitative estimate of drug-likeness (QED) is 0.501. The summed E-state index contributed by atoms with van der Waals surface area (Å²) in [6.07, 6.45) is 4.64. The number of benzene rings is 2. The molecular weight excluding hydrogens is 413 g/mol. The summed E-state index contributed by atoms with van der Waals surface area (Å²) >= 11 is 0. The predicted octanol–water partition coefficient (Wildman–Crippen LogP) is 6.39. The van der Waals surface area contributed by atoms with Crippen molar-refractivity contribution in [2.45, 2.75) is 44.9 Å². The van der Waals surface area contributed by atoms with Gasteiger partial charge in [-0.1, -0.05) is 13.3 Å². The van der Waals surface area contributed by atoms with E-state index in [1.165, 1.54) is 24.6 Å². The zero-order valence-electron chi connectivity index (χ0n) is 18.1. The summed E-state index contributed by atoms with van der Waals surface area (Å²) in [5, 5.41) is 0.502. The number of likely N-dealkylation sites (tertiary alicyclic amines) is 1. The molecule has 0 spiro atoms. The Kier molecular flexibility index (Phi) is 5.48. The molecule has 2 aliphatic rings. The van der Waals surface area contributed by atoms with E-state index in [-0.39, 0.29) is 29.1 Å². The molecular formula is C26H27F3N2O. The molecule has 0 bridgehead atoms. The van der Waals surface area contributed by atoms with Crippen molar-refractivity contribution in [3.63, 3.8) is 0 Å². The Hall–Kier alpha value is -2.76. The van der Waals surface area contributed by atoms with Crippen molar-refractivity contribution >= 4 is 16.8 Å². The van der Waals surface area contributed by atoms with Gasteiger partial charge in [-0.2, -0.15) is 0 Å². The lowest BCUT2D eigenvalue weighted by Crippen LogP contribution is -2.45. The van der Waals surface area contributed by atoms with E-state index in [1.807, 2.05) is 4.90 Å². The first-order valence-corrected chi connectivity index (χ1v) is 11.5. The topological polar surface area (TPSA) is 36.1 Å². The Balaban J connectivity index is 1.45. The molecule has 1 N–H and O–H groups in total. The molecule has 1 saturated carbocycles. The van der Waals surface area contributed by atoms with E-state index in [1.54, 1.807) is 12.1 Å². The van der Waals surface area contributed by atoms with Gasteiger partial charge in [0, 0.05) is 30.5 Å². The van der Waals surface area contributed by atoms with Gasteiger partial charge < -0.3 is 9.88 Å². The smallest absolute Gasteiger partial charge is 0.225 e. The summed E-state index contributed by atoms with van der Waals surface area (Å²) in [6.45, 7) is 3.83. The lowest BCUT2D eigenvalue weighted by atomic mass is 9.69. The Morgan fingerprint density at radius 1 is 1.09 bits per heavy atom. The van der Waals surface area contributed by atoms with Gasteiger partial charge in [-0.15, -0.1) is 0 Å². The number of aromatic amines is 1. The number of halogens is 3. The van der Waals surface area contributed by atoms with Crippen LogP contribution in [0.3, 0.4) is 0 Å². The van der Waals surface area contributed by atoms with Crippen LogP contribution in [0.15, 0.2) is 36.4 Å². The Morgan fingerprint density at radius 3 is 2.56 bits per heavy atom. The van der Waals surface area contributed by atoms with E-state index in [4.69, 9.17) is 0 Å². The van der Waals surface area contributed by atoms with Crippen LogP contribution in [0.4, 0.5) is 13.2 Å². The molecule has 6 heteroatoms. The summed E-state index contributed by atoms with van der Waals surface area (Å²) in [7, 11) is 0. The molecule has 1 aromatic heterocycles. The first-order valence-electron chi connectivity index (χ1n) is 11.5. The zero-order chi connectivity index (χ0) is 22.4. The van der Waals surface area contributed by atoms with E-state index < -0.39 is 11.6 Å². The van der Waals surface area contributed by atoms with Crippen LogP contribution in [-0.2, 0) is 4.79 Å².